The molecule has 7 nitrogen and oxygen atoms in total. The van der Waals surface area contributed by atoms with Crippen molar-refractivity contribution in [3.8, 4) is 17.2 Å². The van der Waals surface area contributed by atoms with Crippen molar-refractivity contribution in [3.63, 3.8) is 0 Å². The number of amides is 1. The van der Waals surface area contributed by atoms with E-state index in [9.17, 15) is 9.59 Å². The van der Waals surface area contributed by atoms with Crippen LogP contribution in [0.4, 0.5) is 0 Å². The van der Waals surface area contributed by atoms with Crippen LogP contribution in [0, 0.1) is 0 Å². The predicted molar refractivity (Wildman–Crippen MR) is 161 cm³/mol. The number of thiophene rings is 1. The molecule has 5 aromatic rings. The van der Waals surface area contributed by atoms with Crippen LogP contribution in [0.3, 0.4) is 0 Å². The van der Waals surface area contributed by atoms with E-state index in [-0.39, 0.29) is 0 Å². The molecule has 4 aromatic carbocycles. The second-order valence-corrected chi connectivity index (χ2v) is 10.4. The van der Waals surface area contributed by atoms with Gasteiger partial charge >= 0.3 is 5.97 Å². The first-order valence-corrected chi connectivity index (χ1v) is 13.9. The molecule has 0 aliphatic heterocycles. The quantitative estimate of drug-likeness (QED) is 0.0807. The molecule has 0 spiro atoms. The van der Waals surface area contributed by atoms with Crippen molar-refractivity contribution in [1.82, 2.24) is 5.43 Å². The summed E-state index contributed by atoms with van der Waals surface area (Å²) in [6.07, 6.45) is 0.712. The minimum absolute atomic E-state index is 0.352. The topological polar surface area (TPSA) is 86.2 Å². The number of nitrogens with one attached hydrogen (secondary N) is 1. The van der Waals surface area contributed by atoms with E-state index in [4.69, 9.17) is 25.8 Å². The molecular formula is C32H25ClN2O5S. The number of esters is 1. The van der Waals surface area contributed by atoms with E-state index in [0.29, 0.717) is 39.3 Å². The third kappa shape index (κ3) is 7.30. The molecule has 0 aliphatic rings. The normalized spacial score (nSPS) is 11.8. The van der Waals surface area contributed by atoms with E-state index in [2.05, 4.69) is 10.5 Å². The molecule has 0 aliphatic carbocycles. The highest BCUT2D eigenvalue weighted by molar-refractivity contribution is 7.21. The summed E-state index contributed by atoms with van der Waals surface area (Å²) in [5.41, 5.74) is 4.24. The Bertz CT molecular complexity index is 1670. The summed E-state index contributed by atoms with van der Waals surface area (Å²) in [4.78, 5) is 25.4. The highest BCUT2D eigenvalue weighted by Gasteiger charge is 2.19. The molecule has 0 radical (unpaired) electrons. The minimum atomic E-state index is -0.772. The lowest BCUT2D eigenvalue weighted by Crippen LogP contribution is -2.33. The standard InChI is InChI=1S/C32H25ClN2O5S/c1-21(39-25-17-15-24(16-18-25)38-20-23-7-3-2-4-8-23)31(36)35-34-19-22-11-13-26(14-12-22)40-32(37)30-29(33)27-9-5-6-10-28(27)41-30/h2-19,21H,20H2,1H3,(H,35,36). The number of fused-ring (bicyclic) bond motifs is 1. The Morgan fingerprint density at radius 1 is 0.878 bits per heavy atom. The number of halogens is 1. The Kier molecular flexibility index (Phi) is 8.93. The van der Waals surface area contributed by atoms with Gasteiger partial charge in [-0.2, -0.15) is 5.10 Å². The Balaban J connectivity index is 1.08. The minimum Gasteiger partial charge on any atom is -0.489 e. The van der Waals surface area contributed by atoms with Crippen molar-refractivity contribution in [1.29, 1.82) is 0 Å². The molecule has 1 atom stereocenters. The highest BCUT2D eigenvalue weighted by Crippen LogP contribution is 2.35. The molecule has 1 N–H and O–H groups in total. The number of hydrogen-bond donors (Lipinski definition) is 1. The van der Waals surface area contributed by atoms with Crippen molar-refractivity contribution >= 4 is 51.1 Å². The zero-order chi connectivity index (χ0) is 28.6. The number of hydrazone groups is 1. The first-order valence-electron chi connectivity index (χ1n) is 12.7. The fourth-order valence-corrected chi connectivity index (χ4v) is 5.18. The van der Waals surface area contributed by atoms with Gasteiger partial charge in [0.1, 0.15) is 28.7 Å². The summed E-state index contributed by atoms with van der Waals surface area (Å²) in [6.45, 7) is 2.10. The maximum Gasteiger partial charge on any atom is 0.355 e. The van der Waals surface area contributed by atoms with Crippen LogP contribution in [0.1, 0.15) is 27.7 Å². The largest absolute Gasteiger partial charge is 0.489 e. The van der Waals surface area contributed by atoms with Gasteiger partial charge in [-0.05, 0) is 72.6 Å². The van der Waals surface area contributed by atoms with Gasteiger partial charge in [0.25, 0.3) is 5.91 Å². The Morgan fingerprint density at radius 3 is 2.27 bits per heavy atom. The lowest BCUT2D eigenvalue weighted by molar-refractivity contribution is -0.127. The van der Waals surface area contributed by atoms with Crippen molar-refractivity contribution in [2.45, 2.75) is 19.6 Å². The van der Waals surface area contributed by atoms with E-state index >= 15 is 0 Å². The smallest absolute Gasteiger partial charge is 0.355 e. The molecule has 0 saturated heterocycles. The van der Waals surface area contributed by atoms with Gasteiger partial charge in [-0.3, -0.25) is 4.79 Å². The second kappa shape index (κ2) is 13.1. The number of benzene rings is 4. The average Bonchev–Trinajstić information content (AvgIpc) is 3.34. The predicted octanol–water partition coefficient (Wildman–Crippen LogP) is 7.27. The van der Waals surface area contributed by atoms with E-state index < -0.39 is 18.0 Å². The zero-order valence-electron chi connectivity index (χ0n) is 22.0. The SMILES string of the molecule is CC(Oc1ccc(OCc2ccccc2)cc1)C(=O)NN=Cc1ccc(OC(=O)c2sc3ccccc3c2Cl)cc1. The van der Waals surface area contributed by atoms with Crippen LogP contribution in [-0.4, -0.2) is 24.2 Å². The molecular weight excluding hydrogens is 560 g/mol. The Labute approximate surface area is 245 Å². The van der Waals surface area contributed by atoms with E-state index in [1.807, 2.05) is 54.6 Å². The molecule has 1 unspecified atom stereocenters. The van der Waals surface area contributed by atoms with Gasteiger partial charge in [0.2, 0.25) is 0 Å². The number of nitrogens with zero attached hydrogens (tertiary/aromatic N) is 1. The molecule has 0 bridgehead atoms. The van der Waals surface area contributed by atoms with Crippen molar-refractivity contribution in [2.24, 2.45) is 5.10 Å². The average molecular weight is 585 g/mol. The van der Waals surface area contributed by atoms with E-state index in [1.54, 1.807) is 55.5 Å². The number of rotatable bonds is 10. The maximum absolute atomic E-state index is 12.6. The summed E-state index contributed by atoms with van der Waals surface area (Å²) < 4.78 is 17.9. The maximum atomic E-state index is 12.6. The first-order chi connectivity index (χ1) is 20.0. The van der Waals surface area contributed by atoms with Crippen molar-refractivity contribution in [2.75, 3.05) is 0 Å². The van der Waals surface area contributed by atoms with Crippen molar-refractivity contribution in [3.05, 3.63) is 124 Å². The van der Waals surface area contributed by atoms with E-state index in [1.165, 1.54) is 17.6 Å². The lowest BCUT2D eigenvalue weighted by atomic mass is 10.2. The molecule has 206 valence electrons. The van der Waals surface area contributed by atoms with Crippen LogP contribution in [0.15, 0.2) is 108 Å². The molecule has 1 aromatic heterocycles. The van der Waals surface area contributed by atoms with Gasteiger partial charge in [0, 0.05) is 10.1 Å². The monoisotopic (exact) mass is 584 g/mol. The van der Waals surface area contributed by atoms with Crippen molar-refractivity contribution < 1.29 is 23.8 Å². The lowest BCUT2D eigenvalue weighted by Gasteiger charge is -2.13. The summed E-state index contributed by atoms with van der Waals surface area (Å²) in [7, 11) is 0. The third-order valence-corrected chi connectivity index (χ3v) is 7.61. The van der Waals surface area contributed by atoms with Crippen LogP contribution < -0.4 is 19.6 Å². The van der Waals surface area contributed by atoms with E-state index in [0.717, 1.165) is 15.6 Å². The van der Waals surface area contributed by atoms with Gasteiger partial charge in [-0.1, -0.05) is 60.1 Å². The summed E-state index contributed by atoms with van der Waals surface area (Å²) >= 11 is 7.66. The van der Waals surface area contributed by atoms with Gasteiger partial charge < -0.3 is 14.2 Å². The van der Waals surface area contributed by atoms with Crippen LogP contribution in [-0.2, 0) is 11.4 Å². The molecule has 0 fully saturated rings. The Hall–Kier alpha value is -4.66. The fourth-order valence-electron chi connectivity index (χ4n) is 3.79. The first kappa shape index (κ1) is 27.9. The zero-order valence-corrected chi connectivity index (χ0v) is 23.5. The van der Waals surface area contributed by atoms with Gasteiger partial charge in [0.15, 0.2) is 6.10 Å². The molecule has 5 rings (SSSR count). The Morgan fingerprint density at radius 2 is 1.54 bits per heavy atom. The highest BCUT2D eigenvalue weighted by atomic mass is 35.5. The number of carbonyl (C=O) groups excluding carboxylic acids is 2. The fraction of sp³-hybridized carbons (Fsp3) is 0.0938. The van der Waals surface area contributed by atoms with Crippen LogP contribution in [0.2, 0.25) is 5.02 Å². The molecule has 9 heteroatoms. The number of ether oxygens (including phenoxy) is 3. The molecule has 1 amide bonds. The molecule has 41 heavy (non-hydrogen) atoms. The third-order valence-electron chi connectivity index (χ3n) is 5.95. The van der Waals surface area contributed by atoms with Gasteiger partial charge in [-0.25, -0.2) is 10.2 Å². The van der Waals surface area contributed by atoms with Crippen LogP contribution in [0.25, 0.3) is 10.1 Å². The summed E-state index contributed by atoms with van der Waals surface area (Å²) in [5.74, 6) is 0.672. The number of carbonyl (C=O) groups is 2. The molecule has 0 saturated carbocycles. The van der Waals surface area contributed by atoms with Gasteiger partial charge in [-0.15, -0.1) is 11.3 Å². The number of hydrogen-bond acceptors (Lipinski definition) is 7. The molecule has 1 heterocycles. The van der Waals surface area contributed by atoms with Crippen LogP contribution in [0.5, 0.6) is 17.2 Å². The van der Waals surface area contributed by atoms with Gasteiger partial charge in [0.05, 0.1) is 11.2 Å². The summed E-state index contributed by atoms with van der Waals surface area (Å²) in [5, 5.41) is 5.21. The van der Waals surface area contributed by atoms with Crippen LogP contribution >= 0.6 is 22.9 Å². The second-order valence-electron chi connectivity index (χ2n) is 8.94. The summed E-state index contributed by atoms with van der Waals surface area (Å²) in [6, 6.07) is 31.2.